The second-order valence-corrected chi connectivity index (χ2v) is 5.71. The molecule has 126 valence electrons. The molecular weight excluding hydrogens is 304 g/mol. The molecule has 2 aromatic carbocycles. The van der Waals surface area contributed by atoms with Crippen LogP contribution in [0.25, 0.3) is 0 Å². The number of benzene rings is 2. The van der Waals surface area contributed by atoms with Gasteiger partial charge in [-0.3, -0.25) is 9.59 Å². The molecule has 0 saturated carbocycles. The van der Waals surface area contributed by atoms with E-state index in [1.807, 2.05) is 32.0 Å². The third-order valence-electron chi connectivity index (χ3n) is 3.79. The molecule has 0 fully saturated rings. The number of anilines is 1. The van der Waals surface area contributed by atoms with Gasteiger partial charge in [0.15, 0.2) is 0 Å². The van der Waals surface area contributed by atoms with Crippen molar-refractivity contribution >= 4 is 17.5 Å². The number of amides is 2. The van der Waals surface area contributed by atoms with Gasteiger partial charge in [-0.1, -0.05) is 24.3 Å². The van der Waals surface area contributed by atoms with Crippen molar-refractivity contribution in [3.05, 3.63) is 59.2 Å². The average molecular weight is 326 g/mol. The molecule has 0 unspecified atom stereocenters. The Morgan fingerprint density at radius 2 is 1.71 bits per heavy atom. The largest absolute Gasteiger partial charge is 0.497 e. The summed E-state index contributed by atoms with van der Waals surface area (Å²) in [6.07, 6.45) is 0. The number of para-hydroxylation sites is 1. The first-order chi connectivity index (χ1) is 11.4. The molecule has 1 N–H and O–H groups in total. The molecular formula is C19H22N2O3. The normalized spacial score (nSPS) is 10.2. The van der Waals surface area contributed by atoms with Crippen LogP contribution in [0.3, 0.4) is 0 Å². The van der Waals surface area contributed by atoms with E-state index in [2.05, 4.69) is 5.32 Å². The van der Waals surface area contributed by atoms with E-state index in [4.69, 9.17) is 4.74 Å². The Morgan fingerprint density at radius 3 is 2.33 bits per heavy atom. The third kappa shape index (κ3) is 4.13. The van der Waals surface area contributed by atoms with Crippen LogP contribution < -0.4 is 10.1 Å². The molecule has 24 heavy (non-hydrogen) atoms. The number of rotatable bonds is 5. The molecule has 2 rings (SSSR count). The number of methoxy groups -OCH3 is 1. The summed E-state index contributed by atoms with van der Waals surface area (Å²) in [5.74, 6) is 0.144. The molecule has 0 aliphatic carbocycles. The van der Waals surface area contributed by atoms with E-state index in [0.29, 0.717) is 11.3 Å². The number of carbonyl (C=O) groups is 2. The number of nitrogens with zero attached hydrogens (tertiary/aromatic N) is 1. The van der Waals surface area contributed by atoms with Crippen molar-refractivity contribution in [1.82, 2.24) is 4.90 Å². The fraction of sp³-hybridized carbons (Fsp3) is 0.263. The Labute approximate surface area is 142 Å². The second kappa shape index (κ2) is 7.64. The van der Waals surface area contributed by atoms with E-state index in [1.54, 1.807) is 38.4 Å². The minimum atomic E-state index is -0.231. The van der Waals surface area contributed by atoms with Crippen LogP contribution in [-0.2, 0) is 4.79 Å². The standard InChI is InChI=1S/C19H22N2O3/c1-13-7-5-8-14(2)18(13)20-17(22)12-21(3)19(23)15-9-6-10-16(11-15)24-4/h5-11H,12H2,1-4H3,(H,20,22). The Morgan fingerprint density at radius 1 is 1.08 bits per heavy atom. The van der Waals surface area contributed by atoms with Gasteiger partial charge in [-0.15, -0.1) is 0 Å². The minimum Gasteiger partial charge on any atom is -0.497 e. The van der Waals surface area contributed by atoms with Gasteiger partial charge in [0.05, 0.1) is 13.7 Å². The number of hydrogen-bond donors (Lipinski definition) is 1. The lowest BCUT2D eigenvalue weighted by Crippen LogP contribution is -2.35. The first-order valence-electron chi connectivity index (χ1n) is 7.68. The molecule has 0 radical (unpaired) electrons. The molecule has 5 heteroatoms. The maximum absolute atomic E-state index is 12.4. The Kier molecular flexibility index (Phi) is 5.58. The topological polar surface area (TPSA) is 58.6 Å². The zero-order valence-electron chi connectivity index (χ0n) is 14.4. The highest BCUT2D eigenvalue weighted by Crippen LogP contribution is 2.19. The van der Waals surface area contributed by atoms with Gasteiger partial charge in [0.1, 0.15) is 5.75 Å². The summed E-state index contributed by atoms with van der Waals surface area (Å²) < 4.78 is 5.12. The fourth-order valence-electron chi connectivity index (χ4n) is 2.45. The highest BCUT2D eigenvalue weighted by molar-refractivity contribution is 5.99. The summed E-state index contributed by atoms with van der Waals surface area (Å²) in [6.45, 7) is 3.85. The van der Waals surface area contributed by atoms with Crippen molar-refractivity contribution in [3.8, 4) is 5.75 Å². The van der Waals surface area contributed by atoms with E-state index < -0.39 is 0 Å². The van der Waals surface area contributed by atoms with E-state index in [-0.39, 0.29) is 18.4 Å². The molecule has 0 heterocycles. The smallest absolute Gasteiger partial charge is 0.254 e. The van der Waals surface area contributed by atoms with Crippen LogP contribution in [0.15, 0.2) is 42.5 Å². The van der Waals surface area contributed by atoms with Crippen LogP contribution in [0.1, 0.15) is 21.5 Å². The number of likely N-dealkylation sites (N-methyl/N-ethyl adjacent to an activating group) is 1. The van der Waals surface area contributed by atoms with Crippen molar-refractivity contribution < 1.29 is 14.3 Å². The molecule has 0 aliphatic heterocycles. The molecule has 5 nitrogen and oxygen atoms in total. The summed E-state index contributed by atoms with van der Waals surface area (Å²) >= 11 is 0. The monoisotopic (exact) mass is 326 g/mol. The fourth-order valence-corrected chi connectivity index (χ4v) is 2.45. The lowest BCUT2D eigenvalue weighted by molar-refractivity contribution is -0.116. The predicted octanol–water partition coefficient (Wildman–Crippen LogP) is 3.02. The summed E-state index contributed by atoms with van der Waals surface area (Å²) in [5, 5.41) is 2.88. The van der Waals surface area contributed by atoms with Gasteiger partial charge in [0.2, 0.25) is 5.91 Å². The van der Waals surface area contributed by atoms with Crippen molar-refractivity contribution in [2.75, 3.05) is 26.0 Å². The second-order valence-electron chi connectivity index (χ2n) is 5.71. The number of hydrogen-bond acceptors (Lipinski definition) is 3. The van der Waals surface area contributed by atoms with Crippen LogP contribution in [-0.4, -0.2) is 37.4 Å². The predicted molar refractivity (Wildman–Crippen MR) is 94.5 cm³/mol. The zero-order valence-corrected chi connectivity index (χ0v) is 14.4. The number of nitrogens with one attached hydrogen (secondary N) is 1. The molecule has 0 bridgehead atoms. The Balaban J connectivity index is 2.04. The minimum absolute atomic E-state index is 0.0240. The quantitative estimate of drug-likeness (QED) is 0.919. The summed E-state index contributed by atoms with van der Waals surface area (Å²) in [6, 6.07) is 12.7. The van der Waals surface area contributed by atoms with Gasteiger partial charge in [0.25, 0.3) is 5.91 Å². The van der Waals surface area contributed by atoms with Crippen molar-refractivity contribution in [2.24, 2.45) is 0 Å². The van der Waals surface area contributed by atoms with Crippen LogP contribution in [0.2, 0.25) is 0 Å². The molecule has 2 amide bonds. The van der Waals surface area contributed by atoms with E-state index in [9.17, 15) is 9.59 Å². The van der Waals surface area contributed by atoms with Gasteiger partial charge in [-0.25, -0.2) is 0 Å². The van der Waals surface area contributed by atoms with Gasteiger partial charge < -0.3 is 15.0 Å². The van der Waals surface area contributed by atoms with E-state index in [0.717, 1.165) is 16.8 Å². The molecule has 0 atom stereocenters. The molecule has 0 aliphatic rings. The van der Waals surface area contributed by atoms with E-state index in [1.165, 1.54) is 4.90 Å². The lowest BCUT2D eigenvalue weighted by atomic mass is 10.1. The Bertz CT molecular complexity index is 736. The average Bonchev–Trinajstić information content (AvgIpc) is 2.57. The number of aryl methyl sites for hydroxylation is 2. The van der Waals surface area contributed by atoms with Crippen LogP contribution in [0.5, 0.6) is 5.75 Å². The maximum Gasteiger partial charge on any atom is 0.254 e. The van der Waals surface area contributed by atoms with Crippen LogP contribution in [0, 0.1) is 13.8 Å². The Hall–Kier alpha value is -2.82. The molecule has 0 spiro atoms. The summed E-state index contributed by atoms with van der Waals surface area (Å²) in [7, 11) is 3.15. The summed E-state index contributed by atoms with van der Waals surface area (Å²) in [4.78, 5) is 26.1. The maximum atomic E-state index is 12.4. The molecule has 0 saturated heterocycles. The first kappa shape index (κ1) is 17.5. The highest BCUT2D eigenvalue weighted by atomic mass is 16.5. The van der Waals surface area contributed by atoms with Crippen LogP contribution in [0.4, 0.5) is 5.69 Å². The first-order valence-corrected chi connectivity index (χ1v) is 7.68. The lowest BCUT2D eigenvalue weighted by Gasteiger charge is -2.18. The number of ether oxygens (including phenoxy) is 1. The van der Waals surface area contributed by atoms with Crippen molar-refractivity contribution in [3.63, 3.8) is 0 Å². The van der Waals surface area contributed by atoms with Gasteiger partial charge in [0, 0.05) is 18.3 Å². The van der Waals surface area contributed by atoms with Gasteiger partial charge >= 0.3 is 0 Å². The van der Waals surface area contributed by atoms with Crippen LogP contribution >= 0.6 is 0 Å². The highest BCUT2D eigenvalue weighted by Gasteiger charge is 2.16. The third-order valence-corrected chi connectivity index (χ3v) is 3.79. The number of carbonyl (C=O) groups excluding carboxylic acids is 2. The van der Waals surface area contributed by atoms with E-state index >= 15 is 0 Å². The molecule has 0 aromatic heterocycles. The SMILES string of the molecule is COc1cccc(C(=O)N(C)CC(=O)Nc2c(C)cccc2C)c1. The van der Waals surface area contributed by atoms with Crippen molar-refractivity contribution in [2.45, 2.75) is 13.8 Å². The summed E-state index contributed by atoms with van der Waals surface area (Å²) in [5.41, 5.74) is 3.26. The van der Waals surface area contributed by atoms with Crippen molar-refractivity contribution in [1.29, 1.82) is 0 Å². The van der Waals surface area contributed by atoms with Gasteiger partial charge in [-0.2, -0.15) is 0 Å². The molecule has 2 aromatic rings. The van der Waals surface area contributed by atoms with Gasteiger partial charge in [-0.05, 0) is 43.2 Å². The zero-order chi connectivity index (χ0) is 17.7.